The number of unbranched alkanes of at least 4 members (excludes halogenated alkanes) is 2. The molecule has 1 aliphatic heterocycles. The van der Waals surface area contributed by atoms with Crippen LogP contribution >= 0.6 is 35.6 Å². The molecule has 0 saturated carbocycles. The first-order chi connectivity index (χ1) is 15.9. The maximum Gasteiger partial charge on any atom is 0.285 e. The zero-order valence-corrected chi connectivity index (χ0v) is 20.8. The topological polar surface area (TPSA) is 67.9 Å². The van der Waals surface area contributed by atoms with E-state index in [0.29, 0.717) is 40.2 Å². The number of carbonyl (C=O) groups excluding carboxylic acids is 2. The summed E-state index contributed by atoms with van der Waals surface area (Å²) in [5.74, 6) is 0.444. The molecular formula is C24H25ClN2O4S2. The molecule has 1 heterocycles. The number of ether oxygens (including phenoxy) is 2. The monoisotopic (exact) mass is 504 g/mol. The summed E-state index contributed by atoms with van der Waals surface area (Å²) in [4.78, 5) is 25.8. The number of carbonyl (C=O) groups is 2. The van der Waals surface area contributed by atoms with Crippen LogP contribution in [0.2, 0.25) is 5.02 Å². The molecule has 1 saturated heterocycles. The van der Waals surface area contributed by atoms with Crippen LogP contribution in [-0.2, 0) is 4.79 Å². The van der Waals surface area contributed by atoms with Gasteiger partial charge >= 0.3 is 0 Å². The Hall–Kier alpha value is -2.55. The highest BCUT2D eigenvalue weighted by atomic mass is 35.5. The molecule has 2 amide bonds. The summed E-state index contributed by atoms with van der Waals surface area (Å²) < 4.78 is 11.8. The molecule has 3 rings (SSSR count). The first-order valence-corrected chi connectivity index (χ1v) is 12.3. The molecule has 2 aromatic carbocycles. The highest BCUT2D eigenvalue weighted by molar-refractivity contribution is 8.26. The lowest BCUT2D eigenvalue weighted by molar-refractivity contribution is -0.123. The standard InChI is InChI=1S/C24H25ClN2O4S2/c1-3-5-6-13-31-19-12-7-16(14-20(19)30-4-2)15-21-23(29)27(24(32)33-21)26-22(28)17-8-10-18(25)11-9-17/h7-12,14-15H,3-6,13H2,1-2H3,(H,26,28)/b21-15-. The van der Waals surface area contributed by atoms with Crippen LogP contribution in [0.1, 0.15) is 49.0 Å². The van der Waals surface area contributed by atoms with Gasteiger partial charge in [0.15, 0.2) is 15.8 Å². The molecule has 0 unspecified atom stereocenters. The summed E-state index contributed by atoms with van der Waals surface area (Å²) >= 11 is 12.3. The predicted molar refractivity (Wildman–Crippen MR) is 137 cm³/mol. The fraction of sp³-hybridized carbons (Fsp3) is 0.292. The molecule has 174 valence electrons. The Kier molecular flexibility index (Phi) is 9.17. The van der Waals surface area contributed by atoms with Gasteiger partial charge < -0.3 is 9.47 Å². The molecule has 0 aromatic heterocycles. The average Bonchev–Trinajstić information content (AvgIpc) is 3.06. The number of amides is 2. The Morgan fingerprint density at radius 2 is 1.88 bits per heavy atom. The molecule has 1 fully saturated rings. The molecule has 33 heavy (non-hydrogen) atoms. The Balaban J connectivity index is 1.72. The maximum atomic E-state index is 12.9. The van der Waals surface area contributed by atoms with E-state index in [1.54, 1.807) is 30.3 Å². The van der Waals surface area contributed by atoms with Gasteiger partial charge in [0.1, 0.15) is 0 Å². The SMILES string of the molecule is CCCCCOc1ccc(/C=C2\SC(=S)N(NC(=O)c3ccc(Cl)cc3)C2=O)cc1OCC. The second-order valence-corrected chi connectivity index (χ2v) is 9.27. The van der Waals surface area contributed by atoms with E-state index in [4.69, 9.17) is 33.3 Å². The molecule has 2 aromatic rings. The largest absolute Gasteiger partial charge is 0.490 e. The molecule has 6 nitrogen and oxygen atoms in total. The van der Waals surface area contributed by atoms with E-state index in [-0.39, 0.29) is 4.32 Å². The van der Waals surface area contributed by atoms with Crippen molar-refractivity contribution in [2.24, 2.45) is 0 Å². The van der Waals surface area contributed by atoms with Gasteiger partial charge in [-0.1, -0.05) is 49.2 Å². The van der Waals surface area contributed by atoms with E-state index in [9.17, 15) is 9.59 Å². The van der Waals surface area contributed by atoms with Crippen LogP contribution in [0.25, 0.3) is 6.08 Å². The van der Waals surface area contributed by atoms with E-state index < -0.39 is 11.8 Å². The molecule has 0 spiro atoms. The van der Waals surface area contributed by atoms with Crippen molar-refractivity contribution in [3.8, 4) is 11.5 Å². The van der Waals surface area contributed by atoms with Crippen molar-refractivity contribution >= 4 is 57.8 Å². The van der Waals surface area contributed by atoms with Crippen molar-refractivity contribution in [3.63, 3.8) is 0 Å². The summed E-state index contributed by atoms with van der Waals surface area (Å²) in [6.07, 6.45) is 4.93. The number of rotatable bonds is 10. The molecule has 1 aliphatic rings. The lowest BCUT2D eigenvalue weighted by Gasteiger charge is -2.15. The highest BCUT2D eigenvalue weighted by Crippen LogP contribution is 2.34. The fourth-order valence-electron chi connectivity index (χ4n) is 3.02. The Bertz CT molecular complexity index is 1060. The zero-order chi connectivity index (χ0) is 23.8. The summed E-state index contributed by atoms with van der Waals surface area (Å²) in [6.45, 7) is 5.17. The number of halogens is 1. The van der Waals surface area contributed by atoms with Crippen LogP contribution in [0.3, 0.4) is 0 Å². The normalized spacial score (nSPS) is 14.6. The van der Waals surface area contributed by atoms with E-state index in [0.717, 1.165) is 41.6 Å². The van der Waals surface area contributed by atoms with Crippen molar-refractivity contribution < 1.29 is 19.1 Å². The molecular weight excluding hydrogens is 480 g/mol. The molecule has 0 aliphatic carbocycles. The molecule has 0 atom stereocenters. The third-order valence-corrected chi connectivity index (χ3v) is 6.24. The van der Waals surface area contributed by atoms with E-state index >= 15 is 0 Å². The number of thioether (sulfide) groups is 1. The van der Waals surface area contributed by atoms with Gasteiger partial charge in [0, 0.05) is 10.6 Å². The highest BCUT2D eigenvalue weighted by Gasteiger charge is 2.33. The zero-order valence-electron chi connectivity index (χ0n) is 18.4. The Morgan fingerprint density at radius 1 is 1.12 bits per heavy atom. The molecule has 9 heteroatoms. The van der Waals surface area contributed by atoms with Crippen LogP contribution in [0.5, 0.6) is 11.5 Å². The summed E-state index contributed by atoms with van der Waals surface area (Å²) in [5.41, 5.74) is 3.69. The lowest BCUT2D eigenvalue weighted by atomic mass is 10.2. The summed E-state index contributed by atoms with van der Waals surface area (Å²) in [6, 6.07) is 11.9. The minimum Gasteiger partial charge on any atom is -0.490 e. The number of nitrogens with one attached hydrogen (secondary N) is 1. The van der Waals surface area contributed by atoms with Crippen LogP contribution < -0.4 is 14.9 Å². The molecule has 1 N–H and O–H groups in total. The minimum atomic E-state index is -0.451. The minimum absolute atomic E-state index is 0.245. The van der Waals surface area contributed by atoms with Crippen molar-refractivity contribution in [1.29, 1.82) is 0 Å². The van der Waals surface area contributed by atoms with Gasteiger partial charge in [-0.3, -0.25) is 15.0 Å². The lowest BCUT2D eigenvalue weighted by Crippen LogP contribution is -2.44. The van der Waals surface area contributed by atoms with Gasteiger partial charge in [-0.2, -0.15) is 5.01 Å². The smallest absolute Gasteiger partial charge is 0.285 e. The van der Waals surface area contributed by atoms with Crippen molar-refractivity contribution in [2.75, 3.05) is 13.2 Å². The molecule has 0 bridgehead atoms. The van der Waals surface area contributed by atoms with E-state index in [1.807, 2.05) is 25.1 Å². The first kappa shape index (κ1) is 25.1. The van der Waals surface area contributed by atoms with Crippen molar-refractivity contribution in [2.45, 2.75) is 33.1 Å². The average molecular weight is 505 g/mol. The van der Waals surface area contributed by atoms with Crippen LogP contribution in [0.15, 0.2) is 47.4 Å². The predicted octanol–water partition coefficient (Wildman–Crippen LogP) is 5.85. The van der Waals surface area contributed by atoms with Crippen LogP contribution in [0, 0.1) is 0 Å². The maximum absolute atomic E-state index is 12.9. The van der Waals surface area contributed by atoms with Gasteiger partial charge in [-0.05, 0) is 73.6 Å². The van der Waals surface area contributed by atoms with Gasteiger partial charge in [0.2, 0.25) is 0 Å². The summed E-state index contributed by atoms with van der Waals surface area (Å²) in [5, 5.41) is 1.60. The van der Waals surface area contributed by atoms with E-state index in [2.05, 4.69) is 12.3 Å². The van der Waals surface area contributed by atoms with Crippen molar-refractivity contribution in [3.05, 3.63) is 63.5 Å². The van der Waals surface area contributed by atoms with Gasteiger partial charge in [0.25, 0.3) is 11.8 Å². The Morgan fingerprint density at radius 3 is 2.58 bits per heavy atom. The number of nitrogens with zero attached hydrogens (tertiary/aromatic N) is 1. The van der Waals surface area contributed by atoms with Crippen LogP contribution in [-0.4, -0.2) is 34.4 Å². The Labute approximate surface area is 208 Å². The second kappa shape index (κ2) is 12.1. The number of hydrazine groups is 1. The van der Waals surface area contributed by atoms with Crippen molar-refractivity contribution in [1.82, 2.24) is 10.4 Å². The van der Waals surface area contributed by atoms with Gasteiger partial charge in [-0.25, -0.2) is 0 Å². The number of hydrogen-bond donors (Lipinski definition) is 1. The third-order valence-electron chi connectivity index (χ3n) is 4.68. The van der Waals surface area contributed by atoms with Crippen LogP contribution in [0.4, 0.5) is 0 Å². The number of thiocarbonyl (C=S) groups is 1. The third kappa shape index (κ3) is 6.72. The summed E-state index contributed by atoms with van der Waals surface area (Å²) in [7, 11) is 0. The molecule has 0 radical (unpaired) electrons. The van der Waals surface area contributed by atoms with Gasteiger partial charge in [-0.15, -0.1) is 0 Å². The van der Waals surface area contributed by atoms with Gasteiger partial charge in [0.05, 0.1) is 18.1 Å². The first-order valence-electron chi connectivity index (χ1n) is 10.7. The second-order valence-electron chi connectivity index (χ2n) is 7.16. The fourth-order valence-corrected chi connectivity index (χ4v) is 4.32. The quantitative estimate of drug-likeness (QED) is 0.248. The number of hydrogen-bond acceptors (Lipinski definition) is 6. The number of benzene rings is 2. The van der Waals surface area contributed by atoms with E-state index in [1.165, 1.54) is 0 Å².